The molecule has 90 valence electrons. The highest BCUT2D eigenvalue weighted by molar-refractivity contribution is 14.2. The minimum Gasteiger partial charge on any atom is -0.465 e. The summed E-state index contributed by atoms with van der Waals surface area (Å²) in [4.78, 5) is 20.6. The predicted molar refractivity (Wildman–Crippen MR) is 66.9 cm³/mol. The molecule has 0 aromatic heterocycles. The minimum atomic E-state index is -3.44. The molecule has 0 aliphatic carbocycles. The van der Waals surface area contributed by atoms with E-state index in [1.807, 2.05) is 13.8 Å². The summed E-state index contributed by atoms with van der Waals surface area (Å²) in [6, 6.07) is -0.710. The first-order valence-electron chi connectivity index (χ1n) is 4.73. The second-order valence-corrected chi connectivity index (χ2v) is 8.75. The summed E-state index contributed by atoms with van der Waals surface area (Å²) in [6.07, 6.45) is 0.479. The molecule has 0 heterocycles. The molecule has 0 amide bonds. The van der Waals surface area contributed by atoms with Gasteiger partial charge in [-0.25, -0.2) is 5.09 Å². The van der Waals surface area contributed by atoms with Gasteiger partial charge in [-0.2, -0.15) is 0 Å². The molecular weight excluding hydrogens is 332 g/mol. The summed E-state index contributed by atoms with van der Waals surface area (Å²) < 4.78 is 16.0. The first-order valence-corrected chi connectivity index (χ1v) is 9.17. The molecule has 5 nitrogen and oxygen atoms in total. The van der Waals surface area contributed by atoms with E-state index in [1.54, 1.807) is 6.92 Å². The molecule has 0 aliphatic rings. The molecule has 0 radical (unpaired) electrons. The maximum Gasteiger partial charge on any atom is 0.325 e. The Bertz CT molecular complexity index is 253. The first kappa shape index (κ1) is 15.3. The molecule has 0 spiro atoms. The van der Waals surface area contributed by atoms with E-state index < -0.39 is 17.2 Å². The van der Waals surface area contributed by atoms with Gasteiger partial charge in [-0.3, -0.25) is 9.36 Å². The van der Waals surface area contributed by atoms with Gasteiger partial charge in [0, 0.05) is 22.0 Å². The van der Waals surface area contributed by atoms with E-state index in [0.29, 0.717) is 6.42 Å². The fourth-order valence-electron chi connectivity index (χ4n) is 1.11. The quantitative estimate of drug-likeness (QED) is 0.436. The van der Waals surface area contributed by atoms with Crippen molar-refractivity contribution in [3.05, 3.63) is 0 Å². The summed E-state index contributed by atoms with van der Waals surface area (Å²) in [5, 5.41) is -1.04. The van der Waals surface area contributed by atoms with Gasteiger partial charge in [0.25, 0.3) is 0 Å². The van der Waals surface area contributed by atoms with E-state index in [1.165, 1.54) is 22.0 Å². The van der Waals surface area contributed by atoms with Crippen molar-refractivity contribution in [2.75, 3.05) is 6.61 Å². The molecule has 2 atom stereocenters. The monoisotopic (exact) mass is 349 g/mol. The third kappa shape index (κ3) is 8.19. The Balaban J connectivity index is 4.44. The third-order valence-corrected chi connectivity index (χ3v) is 3.06. The molecule has 0 aromatic rings. The largest absolute Gasteiger partial charge is 0.465 e. The number of rotatable bonds is 6. The Morgan fingerprint density at radius 3 is 2.47 bits per heavy atom. The Hall–Kier alpha value is 0.350. The Labute approximate surface area is 103 Å². The van der Waals surface area contributed by atoms with Gasteiger partial charge in [-0.05, 0) is 19.3 Å². The van der Waals surface area contributed by atoms with E-state index in [9.17, 15) is 9.36 Å². The molecule has 15 heavy (non-hydrogen) atoms. The molecule has 2 N–H and O–H groups in total. The van der Waals surface area contributed by atoms with Crippen LogP contribution < -0.4 is 5.09 Å². The zero-order chi connectivity index (χ0) is 12.1. The Kier molecular flexibility index (Phi) is 6.99. The van der Waals surface area contributed by atoms with Gasteiger partial charge in [0.2, 0.25) is 0 Å². The smallest absolute Gasteiger partial charge is 0.325 e. The van der Waals surface area contributed by atoms with Gasteiger partial charge in [-0.15, -0.1) is 0 Å². The summed E-state index contributed by atoms with van der Waals surface area (Å²) in [7, 11) is 0. The first-order chi connectivity index (χ1) is 6.76. The van der Waals surface area contributed by atoms with Crippen molar-refractivity contribution in [2.24, 2.45) is 5.92 Å². The molecule has 7 heteroatoms. The van der Waals surface area contributed by atoms with E-state index in [2.05, 4.69) is 5.09 Å². The van der Waals surface area contributed by atoms with E-state index in [0.717, 1.165) is 0 Å². The van der Waals surface area contributed by atoms with Crippen LogP contribution in [0.4, 0.5) is 0 Å². The second kappa shape index (κ2) is 6.83. The normalized spacial score (nSPS) is 17.2. The van der Waals surface area contributed by atoms with E-state index in [4.69, 9.17) is 9.63 Å². The standard InChI is InChI=1S/C8H17INO4P/c1-4-14-8(11)7(5-6(2)3)10-15(9,12)13/h6-7H,4-5H2,1-3H3,(H2,10,12,13)/t7-/m0/s1. The molecule has 0 rings (SSSR count). The highest BCUT2D eigenvalue weighted by Crippen LogP contribution is 2.46. The van der Waals surface area contributed by atoms with Crippen molar-refractivity contribution in [2.45, 2.75) is 33.2 Å². The number of hydrogen-bond acceptors (Lipinski definition) is 3. The number of carbonyl (C=O) groups is 1. The number of nitrogens with one attached hydrogen (secondary N) is 1. The van der Waals surface area contributed by atoms with Crippen LogP contribution in [0.15, 0.2) is 0 Å². The molecule has 0 saturated heterocycles. The van der Waals surface area contributed by atoms with Gasteiger partial charge in [-0.1, -0.05) is 13.8 Å². The molecule has 0 aliphatic heterocycles. The molecule has 0 aromatic carbocycles. The summed E-state index contributed by atoms with van der Waals surface area (Å²) in [6.45, 7) is 5.84. The topological polar surface area (TPSA) is 75.6 Å². The van der Waals surface area contributed by atoms with Crippen LogP contribution in [0.25, 0.3) is 0 Å². The molecule has 0 saturated carbocycles. The Morgan fingerprint density at radius 2 is 2.13 bits per heavy atom. The van der Waals surface area contributed by atoms with Crippen molar-refractivity contribution in [1.82, 2.24) is 5.09 Å². The predicted octanol–water partition coefficient (Wildman–Crippen LogP) is 2.09. The van der Waals surface area contributed by atoms with Crippen molar-refractivity contribution in [3.63, 3.8) is 0 Å². The number of halogens is 1. The van der Waals surface area contributed by atoms with Gasteiger partial charge in [0.05, 0.1) is 6.61 Å². The molecular formula is C8H17INO4P. The fraction of sp³-hybridized carbons (Fsp3) is 0.875. The van der Waals surface area contributed by atoms with Gasteiger partial charge in [0.15, 0.2) is 0 Å². The van der Waals surface area contributed by atoms with Crippen LogP contribution in [0.1, 0.15) is 27.2 Å². The molecule has 0 bridgehead atoms. The SMILES string of the molecule is CCOC(=O)[C@H](CC(C)C)NP(=O)(O)I. The second-order valence-electron chi connectivity index (χ2n) is 3.57. The van der Waals surface area contributed by atoms with Crippen molar-refractivity contribution in [3.8, 4) is 0 Å². The number of hydrogen-bond donors (Lipinski definition) is 2. The highest BCUT2D eigenvalue weighted by atomic mass is 127. The lowest BCUT2D eigenvalue weighted by Crippen LogP contribution is -2.36. The number of carbonyl (C=O) groups excluding carboxylic acids is 1. The van der Waals surface area contributed by atoms with Crippen LogP contribution in [0.3, 0.4) is 0 Å². The summed E-state index contributed by atoms with van der Waals surface area (Å²) >= 11 is 1.39. The van der Waals surface area contributed by atoms with Gasteiger partial charge < -0.3 is 9.63 Å². The van der Waals surface area contributed by atoms with Crippen LogP contribution in [0, 0.1) is 5.92 Å². The van der Waals surface area contributed by atoms with Crippen molar-refractivity contribution < 1.29 is 19.0 Å². The molecule has 0 fully saturated rings. The van der Waals surface area contributed by atoms with Crippen molar-refractivity contribution in [1.29, 1.82) is 0 Å². The lowest BCUT2D eigenvalue weighted by atomic mass is 10.1. The minimum absolute atomic E-state index is 0.245. The zero-order valence-electron chi connectivity index (χ0n) is 9.07. The lowest BCUT2D eigenvalue weighted by Gasteiger charge is -2.19. The number of ether oxygens (including phenoxy) is 1. The summed E-state index contributed by atoms with van der Waals surface area (Å²) in [5.74, 6) is -0.230. The maximum absolute atomic E-state index is 11.4. The average molecular weight is 349 g/mol. The van der Waals surface area contributed by atoms with Crippen LogP contribution >= 0.6 is 27.2 Å². The van der Waals surface area contributed by atoms with Crippen molar-refractivity contribution >= 4 is 33.2 Å². The van der Waals surface area contributed by atoms with Gasteiger partial charge >= 0.3 is 11.1 Å². The number of esters is 1. The van der Waals surface area contributed by atoms with Crippen LogP contribution in [0.5, 0.6) is 0 Å². The van der Waals surface area contributed by atoms with Gasteiger partial charge in [0.1, 0.15) is 6.04 Å². The maximum atomic E-state index is 11.4. The lowest BCUT2D eigenvalue weighted by molar-refractivity contribution is -0.145. The third-order valence-electron chi connectivity index (χ3n) is 1.59. The zero-order valence-corrected chi connectivity index (χ0v) is 12.1. The Morgan fingerprint density at radius 1 is 1.60 bits per heavy atom. The van der Waals surface area contributed by atoms with Crippen LogP contribution in [-0.2, 0) is 14.1 Å². The van der Waals surface area contributed by atoms with Crippen LogP contribution in [0.2, 0.25) is 0 Å². The van der Waals surface area contributed by atoms with E-state index in [-0.39, 0.29) is 12.5 Å². The summed E-state index contributed by atoms with van der Waals surface area (Å²) in [5.41, 5.74) is 0. The fourth-order valence-corrected chi connectivity index (χ4v) is 2.71. The average Bonchev–Trinajstić information content (AvgIpc) is 1.99. The molecule has 1 unspecified atom stereocenters. The van der Waals surface area contributed by atoms with Crippen LogP contribution in [-0.4, -0.2) is 23.5 Å². The highest BCUT2D eigenvalue weighted by Gasteiger charge is 2.27. The van der Waals surface area contributed by atoms with E-state index >= 15 is 0 Å².